The first-order valence-corrected chi connectivity index (χ1v) is 8.67. The molecule has 0 aliphatic heterocycles. The quantitative estimate of drug-likeness (QED) is 0.607. The van der Waals surface area contributed by atoms with E-state index < -0.39 is 0 Å². The van der Waals surface area contributed by atoms with E-state index in [2.05, 4.69) is 31.1 Å². The lowest BCUT2D eigenvalue weighted by atomic mass is 10.0. The maximum Gasteiger partial charge on any atom is 0.223 e. The number of aryl methyl sites for hydroxylation is 1. The first kappa shape index (κ1) is 18.6. The van der Waals surface area contributed by atoms with Crippen LogP contribution in [0.5, 0.6) is 0 Å². The number of hydrogen-bond donors (Lipinski definition) is 3. The highest BCUT2D eigenvalue weighted by Crippen LogP contribution is 2.13. The summed E-state index contributed by atoms with van der Waals surface area (Å²) in [6, 6.07) is 7.55. The smallest absolute Gasteiger partial charge is 0.223 e. The third kappa shape index (κ3) is 6.02. The Morgan fingerprint density at radius 1 is 1.04 bits per heavy atom. The van der Waals surface area contributed by atoms with Crippen molar-refractivity contribution in [3.8, 4) is 0 Å². The summed E-state index contributed by atoms with van der Waals surface area (Å²) in [4.78, 5) is 16.1. The van der Waals surface area contributed by atoms with Crippen molar-refractivity contribution in [2.45, 2.75) is 33.6 Å². The van der Waals surface area contributed by atoms with Gasteiger partial charge in [-0.1, -0.05) is 13.8 Å². The van der Waals surface area contributed by atoms with E-state index in [0.29, 0.717) is 24.7 Å². The van der Waals surface area contributed by atoms with Gasteiger partial charge in [-0.2, -0.15) is 0 Å². The Hall–Kier alpha value is -2.70. The van der Waals surface area contributed by atoms with Gasteiger partial charge in [-0.3, -0.25) is 4.79 Å². The molecule has 0 saturated heterocycles. The molecule has 0 aliphatic carbocycles. The summed E-state index contributed by atoms with van der Waals surface area (Å²) in [5.74, 6) is 2.24. The van der Waals surface area contributed by atoms with E-state index in [0.717, 1.165) is 24.2 Å². The molecule has 0 aromatic carbocycles. The number of pyridine rings is 1. The van der Waals surface area contributed by atoms with E-state index in [1.54, 1.807) is 6.20 Å². The summed E-state index contributed by atoms with van der Waals surface area (Å²) in [5, 5.41) is 17.4. The van der Waals surface area contributed by atoms with Crippen LogP contribution in [-0.4, -0.2) is 34.2 Å². The van der Waals surface area contributed by atoms with Crippen LogP contribution >= 0.6 is 0 Å². The zero-order valence-electron chi connectivity index (χ0n) is 15.0. The first-order chi connectivity index (χ1) is 12.1. The minimum Gasteiger partial charge on any atom is -0.367 e. The molecule has 0 spiro atoms. The van der Waals surface area contributed by atoms with Crippen molar-refractivity contribution in [1.29, 1.82) is 0 Å². The van der Waals surface area contributed by atoms with Crippen molar-refractivity contribution >= 4 is 23.4 Å². The molecular weight excluding hydrogens is 316 g/mol. The van der Waals surface area contributed by atoms with Crippen LogP contribution in [0, 0.1) is 12.8 Å². The monoisotopic (exact) mass is 342 g/mol. The summed E-state index contributed by atoms with van der Waals surface area (Å²) in [7, 11) is 0. The number of nitrogens with one attached hydrogen (secondary N) is 3. The van der Waals surface area contributed by atoms with Gasteiger partial charge in [0.2, 0.25) is 5.91 Å². The summed E-state index contributed by atoms with van der Waals surface area (Å²) in [6.45, 7) is 7.23. The van der Waals surface area contributed by atoms with Crippen LogP contribution in [0.1, 0.15) is 32.3 Å². The average Bonchev–Trinajstić information content (AvgIpc) is 2.61. The summed E-state index contributed by atoms with van der Waals surface area (Å²) >= 11 is 0. The van der Waals surface area contributed by atoms with Gasteiger partial charge in [0.05, 0.1) is 0 Å². The lowest BCUT2D eigenvalue weighted by molar-refractivity contribution is -0.125. The van der Waals surface area contributed by atoms with E-state index in [-0.39, 0.29) is 11.8 Å². The number of carbonyl (C=O) groups excluding carboxylic acids is 1. The molecule has 7 nitrogen and oxygen atoms in total. The topological polar surface area (TPSA) is 91.8 Å². The molecule has 2 heterocycles. The Kier molecular flexibility index (Phi) is 7.13. The molecular formula is C18H26N6O. The molecule has 0 aliphatic rings. The molecule has 7 heteroatoms. The van der Waals surface area contributed by atoms with Gasteiger partial charge in [0.15, 0.2) is 5.82 Å². The lowest BCUT2D eigenvalue weighted by Gasteiger charge is -2.13. The van der Waals surface area contributed by atoms with Gasteiger partial charge >= 0.3 is 0 Å². The number of nitrogens with zero attached hydrogens (tertiary/aromatic N) is 3. The second-order valence-corrected chi connectivity index (χ2v) is 5.88. The largest absolute Gasteiger partial charge is 0.367 e. The third-order valence-electron chi connectivity index (χ3n) is 3.92. The highest BCUT2D eigenvalue weighted by molar-refractivity contribution is 5.78. The van der Waals surface area contributed by atoms with Crippen molar-refractivity contribution in [2.75, 3.05) is 23.7 Å². The normalized spacial score (nSPS) is 10.6. The van der Waals surface area contributed by atoms with Crippen LogP contribution in [-0.2, 0) is 4.79 Å². The van der Waals surface area contributed by atoms with Crippen LogP contribution in [0.2, 0.25) is 0 Å². The van der Waals surface area contributed by atoms with Gasteiger partial charge in [-0.05, 0) is 49.6 Å². The summed E-state index contributed by atoms with van der Waals surface area (Å²) in [6.07, 6.45) is 3.48. The minimum absolute atomic E-state index is 0.0976. The maximum atomic E-state index is 11.9. The van der Waals surface area contributed by atoms with Crippen molar-refractivity contribution in [3.05, 3.63) is 36.0 Å². The SMILES string of the molecule is CCC(CC)C(=O)NCCNc1ccc(Nc2cc(C)ccn2)nn1. The molecule has 0 saturated carbocycles. The first-order valence-electron chi connectivity index (χ1n) is 8.67. The maximum absolute atomic E-state index is 11.9. The second-order valence-electron chi connectivity index (χ2n) is 5.88. The number of amides is 1. The molecule has 0 atom stereocenters. The molecule has 25 heavy (non-hydrogen) atoms. The third-order valence-corrected chi connectivity index (χ3v) is 3.92. The summed E-state index contributed by atoms with van der Waals surface area (Å²) < 4.78 is 0. The Balaban J connectivity index is 1.76. The van der Waals surface area contributed by atoms with Crippen molar-refractivity contribution in [2.24, 2.45) is 5.92 Å². The molecule has 2 rings (SSSR count). The number of rotatable bonds is 9. The van der Waals surface area contributed by atoms with E-state index in [9.17, 15) is 4.79 Å². The molecule has 3 N–H and O–H groups in total. The number of aromatic nitrogens is 3. The average molecular weight is 342 g/mol. The lowest BCUT2D eigenvalue weighted by Crippen LogP contribution is -2.33. The molecule has 0 bridgehead atoms. The zero-order valence-corrected chi connectivity index (χ0v) is 15.0. The summed E-state index contributed by atoms with van der Waals surface area (Å²) in [5.41, 5.74) is 1.12. The van der Waals surface area contributed by atoms with Crippen molar-refractivity contribution in [3.63, 3.8) is 0 Å². The van der Waals surface area contributed by atoms with Gasteiger partial charge in [0.1, 0.15) is 11.6 Å². The zero-order chi connectivity index (χ0) is 18.1. The van der Waals surface area contributed by atoms with E-state index in [1.165, 1.54) is 0 Å². The standard InChI is InChI=1S/C18H26N6O/c1-4-14(5-2)18(25)21-11-10-20-15-6-7-16(24-23-15)22-17-12-13(3)8-9-19-17/h6-9,12,14H,4-5,10-11H2,1-3H3,(H,20,23)(H,21,25)(H,19,22,24). The Morgan fingerprint density at radius 2 is 1.76 bits per heavy atom. The van der Waals surface area contributed by atoms with Gasteiger partial charge < -0.3 is 16.0 Å². The van der Waals surface area contributed by atoms with Gasteiger partial charge in [0.25, 0.3) is 0 Å². The molecule has 2 aromatic rings. The van der Waals surface area contributed by atoms with Gasteiger partial charge in [0, 0.05) is 25.2 Å². The van der Waals surface area contributed by atoms with Crippen LogP contribution in [0.3, 0.4) is 0 Å². The van der Waals surface area contributed by atoms with Crippen molar-refractivity contribution < 1.29 is 4.79 Å². The highest BCUT2D eigenvalue weighted by atomic mass is 16.1. The minimum atomic E-state index is 0.0976. The van der Waals surface area contributed by atoms with Crippen LogP contribution in [0.25, 0.3) is 0 Å². The fraction of sp³-hybridized carbons (Fsp3) is 0.444. The number of hydrogen-bond acceptors (Lipinski definition) is 6. The van der Waals surface area contributed by atoms with Crippen molar-refractivity contribution in [1.82, 2.24) is 20.5 Å². The van der Waals surface area contributed by atoms with Crippen LogP contribution in [0.4, 0.5) is 17.5 Å². The predicted molar refractivity (Wildman–Crippen MR) is 99.9 cm³/mol. The molecule has 0 fully saturated rings. The Bertz CT molecular complexity index is 670. The Labute approximate surface area is 148 Å². The number of anilines is 3. The molecule has 2 aromatic heterocycles. The Morgan fingerprint density at radius 3 is 2.40 bits per heavy atom. The fourth-order valence-corrected chi connectivity index (χ4v) is 2.41. The second kappa shape index (κ2) is 9.56. The van der Waals surface area contributed by atoms with Gasteiger partial charge in [-0.25, -0.2) is 4.98 Å². The predicted octanol–water partition coefficient (Wildman–Crippen LogP) is 2.89. The van der Waals surface area contributed by atoms with Crippen LogP contribution in [0.15, 0.2) is 30.5 Å². The fourth-order valence-electron chi connectivity index (χ4n) is 2.41. The van der Waals surface area contributed by atoms with E-state index in [1.807, 2.05) is 45.0 Å². The highest BCUT2D eigenvalue weighted by Gasteiger charge is 2.12. The number of carbonyl (C=O) groups is 1. The molecule has 134 valence electrons. The van der Waals surface area contributed by atoms with Gasteiger partial charge in [-0.15, -0.1) is 10.2 Å². The molecule has 0 unspecified atom stereocenters. The molecule has 0 radical (unpaired) electrons. The molecule has 1 amide bonds. The van der Waals surface area contributed by atoms with E-state index >= 15 is 0 Å². The van der Waals surface area contributed by atoms with E-state index in [4.69, 9.17) is 0 Å². The van der Waals surface area contributed by atoms with Crippen LogP contribution < -0.4 is 16.0 Å².